The number of nitrogens with zero attached hydrogens (tertiary/aromatic N) is 1. The molecule has 2 heterocycles. The molecular weight excluding hydrogens is 671 g/mol. The maximum atomic E-state index is 6.75. The zero-order valence-corrected chi connectivity index (χ0v) is 29.8. The molecule has 0 unspecified atom stereocenters. The standard InChI is InChI=1S/C52H33NO2/c1-3-14-34(15-4-1)38-30-39(35-16-5-2-6-17-35)33-41(32-38)53(46-24-13-27-49-51(46)45-29-28-36-18-7-8-21-43(36)52(45)55-49)40-20-11-19-37(31-40)42-23-12-26-48-50(42)44-22-9-10-25-47(44)54-48/h1-33H. The van der Waals surface area contributed by atoms with Gasteiger partial charge in [0.1, 0.15) is 22.3 Å². The summed E-state index contributed by atoms with van der Waals surface area (Å²) in [6.07, 6.45) is 0. The fourth-order valence-electron chi connectivity index (χ4n) is 8.31. The quantitative estimate of drug-likeness (QED) is 0.173. The molecule has 0 saturated heterocycles. The van der Waals surface area contributed by atoms with Crippen LogP contribution in [0, 0.1) is 0 Å². The van der Waals surface area contributed by atoms with Crippen molar-refractivity contribution in [2.24, 2.45) is 0 Å². The monoisotopic (exact) mass is 703 g/mol. The van der Waals surface area contributed by atoms with Crippen LogP contribution in [0.1, 0.15) is 0 Å². The molecular formula is C52H33NO2. The molecule has 0 atom stereocenters. The van der Waals surface area contributed by atoms with Crippen LogP contribution in [0.2, 0.25) is 0 Å². The molecule has 11 rings (SSSR count). The minimum atomic E-state index is 0.849. The highest BCUT2D eigenvalue weighted by atomic mass is 16.3. The van der Waals surface area contributed by atoms with Gasteiger partial charge in [-0.2, -0.15) is 0 Å². The number of benzene rings is 9. The van der Waals surface area contributed by atoms with Gasteiger partial charge in [-0.3, -0.25) is 0 Å². The molecule has 3 heteroatoms. The number of hydrogen-bond acceptors (Lipinski definition) is 3. The Morgan fingerprint density at radius 1 is 0.327 bits per heavy atom. The van der Waals surface area contributed by atoms with Crippen molar-refractivity contribution in [3.63, 3.8) is 0 Å². The van der Waals surface area contributed by atoms with Gasteiger partial charge in [0.15, 0.2) is 0 Å². The molecule has 0 aliphatic heterocycles. The van der Waals surface area contributed by atoms with Crippen molar-refractivity contribution in [3.8, 4) is 33.4 Å². The van der Waals surface area contributed by atoms with Crippen molar-refractivity contribution in [1.82, 2.24) is 0 Å². The predicted molar refractivity (Wildman–Crippen MR) is 229 cm³/mol. The summed E-state index contributed by atoms with van der Waals surface area (Å²) in [5.41, 5.74) is 13.5. The van der Waals surface area contributed by atoms with E-state index in [0.717, 1.165) is 105 Å². The van der Waals surface area contributed by atoms with Crippen molar-refractivity contribution in [1.29, 1.82) is 0 Å². The van der Waals surface area contributed by atoms with Crippen molar-refractivity contribution in [2.45, 2.75) is 0 Å². The fourth-order valence-corrected chi connectivity index (χ4v) is 8.31. The summed E-state index contributed by atoms with van der Waals surface area (Å²) in [5, 5.41) is 6.65. The molecule has 0 aliphatic carbocycles. The Kier molecular flexibility index (Phi) is 7.17. The smallest absolute Gasteiger partial charge is 0.143 e. The van der Waals surface area contributed by atoms with Gasteiger partial charge >= 0.3 is 0 Å². The molecule has 55 heavy (non-hydrogen) atoms. The number of hydrogen-bond donors (Lipinski definition) is 0. The van der Waals surface area contributed by atoms with Gasteiger partial charge in [0, 0.05) is 32.9 Å². The molecule has 11 aromatic rings. The zero-order valence-electron chi connectivity index (χ0n) is 29.8. The van der Waals surface area contributed by atoms with E-state index in [1.54, 1.807) is 0 Å². The van der Waals surface area contributed by atoms with Gasteiger partial charge in [-0.25, -0.2) is 0 Å². The van der Waals surface area contributed by atoms with Crippen LogP contribution in [-0.2, 0) is 0 Å². The first-order valence-electron chi connectivity index (χ1n) is 18.7. The number of furan rings is 2. The van der Waals surface area contributed by atoms with Gasteiger partial charge in [-0.15, -0.1) is 0 Å². The number of para-hydroxylation sites is 1. The van der Waals surface area contributed by atoms with Crippen LogP contribution in [0.4, 0.5) is 17.1 Å². The summed E-state index contributed by atoms with van der Waals surface area (Å²) in [4.78, 5) is 2.41. The Hall–Kier alpha value is -7.36. The summed E-state index contributed by atoms with van der Waals surface area (Å²) in [6.45, 7) is 0. The predicted octanol–water partition coefficient (Wildman–Crippen LogP) is 15.1. The maximum Gasteiger partial charge on any atom is 0.143 e. The average Bonchev–Trinajstić information content (AvgIpc) is 3.84. The second kappa shape index (κ2) is 12.6. The normalized spacial score (nSPS) is 11.6. The fraction of sp³-hybridized carbons (Fsp3) is 0. The lowest BCUT2D eigenvalue weighted by Crippen LogP contribution is -2.11. The van der Waals surface area contributed by atoms with E-state index >= 15 is 0 Å². The first-order chi connectivity index (χ1) is 27.3. The van der Waals surface area contributed by atoms with Gasteiger partial charge in [0.25, 0.3) is 0 Å². The molecule has 0 saturated carbocycles. The van der Waals surface area contributed by atoms with E-state index in [9.17, 15) is 0 Å². The van der Waals surface area contributed by atoms with E-state index in [-0.39, 0.29) is 0 Å². The summed E-state index contributed by atoms with van der Waals surface area (Å²) in [7, 11) is 0. The molecule has 0 amide bonds. The first kappa shape index (κ1) is 31.2. The summed E-state index contributed by atoms with van der Waals surface area (Å²) < 4.78 is 13.1. The second-order valence-electron chi connectivity index (χ2n) is 14.1. The molecule has 0 radical (unpaired) electrons. The lowest BCUT2D eigenvalue weighted by atomic mass is 9.96. The first-order valence-corrected chi connectivity index (χ1v) is 18.7. The van der Waals surface area contributed by atoms with E-state index in [1.807, 2.05) is 12.1 Å². The van der Waals surface area contributed by atoms with Crippen LogP contribution < -0.4 is 4.90 Å². The van der Waals surface area contributed by atoms with Crippen LogP contribution in [-0.4, -0.2) is 0 Å². The van der Waals surface area contributed by atoms with Crippen LogP contribution in [0.15, 0.2) is 209 Å². The van der Waals surface area contributed by atoms with E-state index in [4.69, 9.17) is 8.83 Å². The van der Waals surface area contributed by atoms with Gasteiger partial charge in [0.2, 0.25) is 0 Å². The van der Waals surface area contributed by atoms with Crippen molar-refractivity contribution >= 4 is 71.7 Å². The van der Waals surface area contributed by atoms with Crippen molar-refractivity contribution in [2.75, 3.05) is 4.90 Å². The van der Waals surface area contributed by atoms with Crippen LogP contribution >= 0.6 is 0 Å². The van der Waals surface area contributed by atoms with E-state index < -0.39 is 0 Å². The molecule has 2 aromatic heterocycles. The van der Waals surface area contributed by atoms with Gasteiger partial charge in [-0.05, 0) is 99.4 Å². The number of fused-ring (bicyclic) bond motifs is 8. The molecule has 0 aliphatic rings. The highest BCUT2D eigenvalue weighted by molar-refractivity contribution is 6.20. The third kappa shape index (κ3) is 5.20. The Morgan fingerprint density at radius 3 is 1.71 bits per heavy atom. The molecule has 0 N–H and O–H groups in total. The Bertz CT molecular complexity index is 3150. The Labute approximate surface area is 317 Å². The van der Waals surface area contributed by atoms with Gasteiger partial charge in [0.05, 0.1) is 11.1 Å². The highest BCUT2D eigenvalue weighted by Crippen LogP contribution is 2.47. The SMILES string of the molecule is c1ccc(-c2cc(-c3ccccc3)cc(N(c3cccc(-c4cccc5oc6ccccc6c45)c3)c3cccc4oc5c6ccccc6ccc5c34)c2)cc1. The lowest BCUT2D eigenvalue weighted by Gasteiger charge is -2.28. The second-order valence-corrected chi connectivity index (χ2v) is 14.1. The molecule has 3 nitrogen and oxygen atoms in total. The third-order valence-electron chi connectivity index (χ3n) is 10.8. The Morgan fingerprint density at radius 2 is 0.927 bits per heavy atom. The molecule has 0 bridgehead atoms. The average molecular weight is 704 g/mol. The van der Waals surface area contributed by atoms with Gasteiger partial charge < -0.3 is 13.7 Å². The molecule has 258 valence electrons. The van der Waals surface area contributed by atoms with E-state index in [0.29, 0.717) is 0 Å². The van der Waals surface area contributed by atoms with E-state index in [2.05, 4.69) is 193 Å². The van der Waals surface area contributed by atoms with Crippen LogP contribution in [0.25, 0.3) is 88.0 Å². The van der Waals surface area contributed by atoms with Crippen molar-refractivity contribution < 1.29 is 8.83 Å². The maximum absolute atomic E-state index is 6.75. The third-order valence-corrected chi connectivity index (χ3v) is 10.8. The lowest BCUT2D eigenvalue weighted by molar-refractivity contribution is 0.669. The molecule has 9 aromatic carbocycles. The summed E-state index contributed by atoms with van der Waals surface area (Å²) in [5.74, 6) is 0. The minimum absolute atomic E-state index is 0.849. The highest BCUT2D eigenvalue weighted by Gasteiger charge is 2.22. The Balaban J connectivity index is 1.21. The molecule has 0 spiro atoms. The zero-order chi connectivity index (χ0) is 36.3. The van der Waals surface area contributed by atoms with E-state index in [1.165, 1.54) is 0 Å². The molecule has 0 fully saturated rings. The largest absolute Gasteiger partial charge is 0.456 e. The number of rotatable bonds is 6. The van der Waals surface area contributed by atoms with Crippen LogP contribution in [0.5, 0.6) is 0 Å². The van der Waals surface area contributed by atoms with Crippen LogP contribution in [0.3, 0.4) is 0 Å². The van der Waals surface area contributed by atoms with Gasteiger partial charge in [-0.1, -0.05) is 140 Å². The topological polar surface area (TPSA) is 29.5 Å². The summed E-state index contributed by atoms with van der Waals surface area (Å²) in [6, 6.07) is 71.0. The summed E-state index contributed by atoms with van der Waals surface area (Å²) >= 11 is 0. The van der Waals surface area contributed by atoms with Crippen molar-refractivity contribution in [3.05, 3.63) is 200 Å². The number of anilines is 3. The minimum Gasteiger partial charge on any atom is -0.456 e.